The van der Waals surface area contributed by atoms with Crippen LogP contribution in [0.25, 0.3) is 10.9 Å². The molecule has 0 saturated carbocycles. The summed E-state index contributed by atoms with van der Waals surface area (Å²) < 4.78 is 1.03. The molecule has 1 aliphatic heterocycles. The number of nitrogens with one attached hydrogen (secondary N) is 2. The Morgan fingerprint density at radius 3 is 2.96 bits per heavy atom. The number of piperidine rings is 1. The van der Waals surface area contributed by atoms with Crippen molar-refractivity contribution in [1.82, 2.24) is 15.1 Å². The Morgan fingerprint density at radius 2 is 2.12 bits per heavy atom. The normalized spacial score (nSPS) is 17.4. The summed E-state index contributed by atoms with van der Waals surface area (Å²) in [7, 11) is 0. The monoisotopic (exact) mass is 412 g/mol. The summed E-state index contributed by atoms with van der Waals surface area (Å²) >= 11 is 3.43. The lowest BCUT2D eigenvalue weighted by atomic mass is 10.0. The second kappa shape index (κ2) is 7.50. The maximum absolute atomic E-state index is 12.7. The summed E-state index contributed by atoms with van der Waals surface area (Å²) in [5.41, 5.74) is 3.16. The van der Waals surface area contributed by atoms with Gasteiger partial charge in [0.15, 0.2) is 0 Å². The van der Waals surface area contributed by atoms with Gasteiger partial charge in [-0.25, -0.2) is 0 Å². The van der Waals surface area contributed by atoms with E-state index in [1.807, 2.05) is 41.4 Å². The molecule has 1 fully saturated rings. The topological polar surface area (TPSA) is 61.0 Å². The van der Waals surface area contributed by atoms with E-state index in [2.05, 4.69) is 43.6 Å². The number of benzene rings is 2. The van der Waals surface area contributed by atoms with Crippen LogP contribution in [-0.2, 0) is 11.2 Å². The van der Waals surface area contributed by atoms with Crippen LogP contribution in [0.3, 0.4) is 0 Å². The van der Waals surface area contributed by atoms with Crippen molar-refractivity contribution in [3.8, 4) is 0 Å². The van der Waals surface area contributed by atoms with Gasteiger partial charge in [-0.15, -0.1) is 0 Å². The highest BCUT2D eigenvalue weighted by atomic mass is 79.9. The fourth-order valence-electron chi connectivity index (χ4n) is 3.48. The first kappa shape index (κ1) is 17.1. The summed E-state index contributed by atoms with van der Waals surface area (Å²) in [6.45, 7) is 1.59. The van der Waals surface area contributed by atoms with E-state index in [0.29, 0.717) is 6.42 Å². The van der Waals surface area contributed by atoms with E-state index >= 15 is 0 Å². The minimum atomic E-state index is 0.198. The smallest absolute Gasteiger partial charge is 0.227 e. The van der Waals surface area contributed by atoms with Gasteiger partial charge < -0.3 is 10.2 Å². The highest BCUT2D eigenvalue weighted by Crippen LogP contribution is 2.21. The third kappa shape index (κ3) is 3.90. The van der Waals surface area contributed by atoms with Gasteiger partial charge in [0.25, 0.3) is 0 Å². The van der Waals surface area contributed by atoms with Crippen molar-refractivity contribution in [1.29, 1.82) is 0 Å². The molecule has 4 rings (SSSR count). The van der Waals surface area contributed by atoms with E-state index < -0.39 is 0 Å². The lowest BCUT2D eigenvalue weighted by Gasteiger charge is -2.34. The number of rotatable bonds is 4. The number of H-pyrrole nitrogens is 1. The van der Waals surface area contributed by atoms with Crippen molar-refractivity contribution in [3.05, 3.63) is 58.7 Å². The van der Waals surface area contributed by atoms with Gasteiger partial charge in [-0.3, -0.25) is 9.89 Å². The van der Waals surface area contributed by atoms with Gasteiger partial charge >= 0.3 is 0 Å². The van der Waals surface area contributed by atoms with Crippen LogP contribution in [-0.4, -0.2) is 40.1 Å². The largest absolute Gasteiger partial charge is 0.381 e. The summed E-state index contributed by atoms with van der Waals surface area (Å²) in [6, 6.07) is 14.4. The first-order valence-corrected chi connectivity index (χ1v) is 9.68. The zero-order valence-electron chi connectivity index (χ0n) is 14.4. The fraction of sp³-hybridized carbons (Fsp3) is 0.300. The van der Waals surface area contributed by atoms with Crippen LogP contribution in [0.2, 0.25) is 0 Å². The third-order valence-electron chi connectivity index (χ3n) is 4.85. The molecule has 5 nitrogen and oxygen atoms in total. The molecule has 1 saturated heterocycles. The number of fused-ring (bicyclic) bond motifs is 1. The van der Waals surface area contributed by atoms with Crippen LogP contribution in [0.15, 0.2) is 53.1 Å². The number of aromatic nitrogens is 2. The number of hydrogen-bond donors (Lipinski definition) is 2. The van der Waals surface area contributed by atoms with Crippen molar-refractivity contribution in [2.24, 2.45) is 0 Å². The summed E-state index contributed by atoms with van der Waals surface area (Å²) in [6.07, 6.45) is 4.39. The molecule has 26 heavy (non-hydrogen) atoms. The van der Waals surface area contributed by atoms with Crippen molar-refractivity contribution in [2.75, 3.05) is 18.4 Å². The van der Waals surface area contributed by atoms with Crippen molar-refractivity contribution >= 4 is 38.4 Å². The summed E-state index contributed by atoms with van der Waals surface area (Å²) in [4.78, 5) is 14.7. The molecule has 1 unspecified atom stereocenters. The van der Waals surface area contributed by atoms with Crippen LogP contribution in [0, 0.1) is 0 Å². The standard InChI is InChI=1S/C20H21BrN4O/c21-16-5-3-14(4-6-16)10-20(26)25-9-1-2-18(13-25)23-17-7-8-19-15(11-17)12-22-24-19/h3-8,11-12,18,23H,1-2,9-10,13H2,(H,22,24). The fourth-order valence-corrected chi connectivity index (χ4v) is 3.74. The molecule has 6 heteroatoms. The molecule has 2 N–H and O–H groups in total. The van der Waals surface area contributed by atoms with E-state index in [9.17, 15) is 4.79 Å². The van der Waals surface area contributed by atoms with Crippen LogP contribution in [0.5, 0.6) is 0 Å². The van der Waals surface area contributed by atoms with E-state index in [1.54, 1.807) is 0 Å². The summed E-state index contributed by atoms with van der Waals surface area (Å²) in [5, 5.41) is 11.7. The molecule has 2 heterocycles. The molecular weight excluding hydrogens is 392 g/mol. The van der Waals surface area contributed by atoms with Crippen LogP contribution >= 0.6 is 15.9 Å². The van der Waals surface area contributed by atoms with Crippen LogP contribution in [0.1, 0.15) is 18.4 Å². The van der Waals surface area contributed by atoms with E-state index in [1.165, 1.54) is 0 Å². The maximum Gasteiger partial charge on any atom is 0.227 e. The van der Waals surface area contributed by atoms with Crippen LogP contribution < -0.4 is 5.32 Å². The molecule has 2 aromatic carbocycles. The van der Waals surface area contributed by atoms with Gasteiger partial charge in [-0.1, -0.05) is 28.1 Å². The number of nitrogens with zero attached hydrogens (tertiary/aromatic N) is 2. The maximum atomic E-state index is 12.7. The van der Waals surface area contributed by atoms with Gasteiger partial charge in [-0.05, 0) is 48.7 Å². The van der Waals surface area contributed by atoms with Gasteiger partial charge in [-0.2, -0.15) is 5.10 Å². The Labute approximate surface area is 160 Å². The van der Waals surface area contributed by atoms with Gasteiger partial charge in [0, 0.05) is 34.7 Å². The molecule has 134 valence electrons. The minimum Gasteiger partial charge on any atom is -0.381 e. The molecule has 1 amide bonds. The Balaban J connectivity index is 1.38. The van der Waals surface area contributed by atoms with Gasteiger partial charge in [0.05, 0.1) is 18.1 Å². The Bertz CT molecular complexity index is 906. The van der Waals surface area contributed by atoms with Crippen molar-refractivity contribution in [2.45, 2.75) is 25.3 Å². The Hall–Kier alpha value is -2.34. The molecule has 1 aromatic heterocycles. The number of carbonyl (C=O) groups excluding carboxylic acids is 1. The lowest BCUT2D eigenvalue weighted by molar-refractivity contribution is -0.131. The quantitative estimate of drug-likeness (QED) is 0.681. The number of amides is 1. The number of aromatic amines is 1. The van der Waals surface area contributed by atoms with Gasteiger partial charge in [0.1, 0.15) is 0 Å². The molecule has 0 spiro atoms. The Kier molecular flexibility index (Phi) is 4.93. The lowest BCUT2D eigenvalue weighted by Crippen LogP contribution is -2.45. The second-order valence-corrected chi connectivity index (χ2v) is 7.71. The van der Waals surface area contributed by atoms with Gasteiger partial charge in [0.2, 0.25) is 5.91 Å². The highest BCUT2D eigenvalue weighted by molar-refractivity contribution is 9.10. The SMILES string of the molecule is O=C(Cc1ccc(Br)cc1)N1CCCC(Nc2ccc3[nH]ncc3c2)C1. The number of anilines is 1. The number of carbonyl (C=O) groups is 1. The number of hydrogen-bond acceptors (Lipinski definition) is 3. The third-order valence-corrected chi connectivity index (χ3v) is 5.38. The van der Waals surface area contributed by atoms with E-state index in [-0.39, 0.29) is 11.9 Å². The minimum absolute atomic E-state index is 0.198. The highest BCUT2D eigenvalue weighted by Gasteiger charge is 2.23. The molecule has 1 atom stereocenters. The van der Waals surface area contributed by atoms with E-state index in [4.69, 9.17) is 0 Å². The molecule has 0 bridgehead atoms. The molecule has 3 aromatic rings. The zero-order chi connectivity index (χ0) is 17.9. The van der Waals surface area contributed by atoms with Crippen molar-refractivity contribution < 1.29 is 4.79 Å². The average Bonchev–Trinajstić information content (AvgIpc) is 3.12. The molecule has 0 aliphatic carbocycles. The predicted molar refractivity (Wildman–Crippen MR) is 107 cm³/mol. The van der Waals surface area contributed by atoms with E-state index in [0.717, 1.165) is 52.6 Å². The second-order valence-electron chi connectivity index (χ2n) is 6.80. The van der Waals surface area contributed by atoms with Crippen molar-refractivity contribution in [3.63, 3.8) is 0 Å². The first-order valence-electron chi connectivity index (χ1n) is 8.89. The average molecular weight is 413 g/mol. The Morgan fingerprint density at radius 1 is 1.27 bits per heavy atom. The zero-order valence-corrected chi connectivity index (χ0v) is 16.0. The first-order chi connectivity index (χ1) is 12.7. The predicted octanol–water partition coefficient (Wildman–Crippen LogP) is 3.97. The summed E-state index contributed by atoms with van der Waals surface area (Å²) in [5.74, 6) is 0.198. The number of likely N-dealkylation sites (tertiary alicyclic amines) is 1. The van der Waals surface area contributed by atoms with Crippen LogP contribution in [0.4, 0.5) is 5.69 Å². The molecule has 1 aliphatic rings. The molecular formula is C20H21BrN4O. The molecule has 0 radical (unpaired) electrons. The number of halogens is 1.